The number of carbonyl (C=O) groups excluding carboxylic acids is 2. The summed E-state index contributed by atoms with van der Waals surface area (Å²) in [6.07, 6.45) is 5.62. The smallest absolute Gasteiger partial charge is 0.260 e. The zero-order valence-corrected chi connectivity index (χ0v) is 14.8. The van der Waals surface area contributed by atoms with E-state index in [1.807, 2.05) is 54.9 Å². The second-order valence-corrected chi connectivity index (χ2v) is 6.38. The Kier molecular flexibility index (Phi) is 4.48. The molecule has 3 aromatic rings. The van der Waals surface area contributed by atoms with E-state index in [-0.39, 0.29) is 0 Å². The van der Waals surface area contributed by atoms with Crippen molar-refractivity contribution in [3.63, 3.8) is 0 Å². The molecule has 3 N–H and O–H groups in total. The molecule has 0 saturated heterocycles. The highest BCUT2D eigenvalue weighted by Gasteiger charge is 2.27. The summed E-state index contributed by atoms with van der Waals surface area (Å²) in [7, 11) is 0. The second-order valence-electron chi connectivity index (χ2n) is 6.38. The molecule has 4 rings (SSSR count). The van der Waals surface area contributed by atoms with Crippen LogP contribution in [0.4, 0.5) is 5.69 Å². The number of nitriles is 1. The minimum absolute atomic E-state index is 0.348. The van der Waals surface area contributed by atoms with Crippen LogP contribution in [0.3, 0.4) is 0 Å². The van der Waals surface area contributed by atoms with Gasteiger partial charge < -0.3 is 10.3 Å². The Hall–Kier alpha value is -4.11. The topological polar surface area (TPSA) is 97.8 Å². The number of imide groups is 1. The fourth-order valence-electron chi connectivity index (χ4n) is 3.12. The van der Waals surface area contributed by atoms with Crippen molar-refractivity contribution >= 4 is 23.1 Å². The molecule has 0 bridgehead atoms. The molecule has 0 saturated carbocycles. The van der Waals surface area contributed by atoms with Crippen LogP contribution in [-0.2, 0) is 11.2 Å². The maximum Gasteiger partial charge on any atom is 0.260 e. The molecule has 28 heavy (non-hydrogen) atoms. The number of H-pyrrole nitrogens is 1. The van der Waals surface area contributed by atoms with Gasteiger partial charge in [-0.25, -0.2) is 0 Å². The van der Waals surface area contributed by atoms with Crippen molar-refractivity contribution in [3.8, 4) is 17.2 Å². The fourth-order valence-corrected chi connectivity index (χ4v) is 3.12. The Morgan fingerprint density at radius 1 is 0.964 bits per heavy atom. The summed E-state index contributed by atoms with van der Waals surface area (Å²) < 4.78 is 0. The summed E-state index contributed by atoms with van der Waals surface area (Å²) in [5.41, 5.74) is 5.01. The Bertz CT molecular complexity index is 1120. The van der Waals surface area contributed by atoms with E-state index in [0.29, 0.717) is 23.1 Å². The van der Waals surface area contributed by atoms with Crippen LogP contribution in [0, 0.1) is 11.3 Å². The minimum atomic E-state index is -0.447. The maximum absolute atomic E-state index is 12.4. The second kappa shape index (κ2) is 7.25. The number of aromatic amines is 1. The predicted octanol–water partition coefficient (Wildman–Crippen LogP) is 3.47. The number of hydrogen-bond donors (Lipinski definition) is 3. The summed E-state index contributed by atoms with van der Waals surface area (Å²) in [6, 6.07) is 16.8. The van der Waals surface area contributed by atoms with Crippen LogP contribution in [0.15, 0.2) is 67.1 Å². The number of fused-ring (bicyclic) bond motifs is 1. The lowest BCUT2D eigenvalue weighted by Crippen LogP contribution is -2.36. The van der Waals surface area contributed by atoms with E-state index < -0.39 is 11.8 Å². The molecule has 0 spiro atoms. The van der Waals surface area contributed by atoms with Gasteiger partial charge >= 0.3 is 0 Å². The van der Waals surface area contributed by atoms with E-state index >= 15 is 0 Å². The summed E-state index contributed by atoms with van der Waals surface area (Å²) >= 11 is 0. The third kappa shape index (κ3) is 3.29. The standard InChI is InChI=1S/C22H16N4O2/c23-9-7-14-1-4-17(5-2-14)25-13-20-19-11-15(16-8-10-24-12-16)3-6-18(19)21(27)26-22(20)28/h1-6,8,10-13,24-25H,7H2,(H,26,27,28)/b20-13-. The van der Waals surface area contributed by atoms with Crippen LogP contribution >= 0.6 is 0 Å². The van der Waals surface area contributed by atoms with Crippen molar-refractivity contribution in [2.45, 2.75) is 6.42 Å². The zero-order chi connectivity index (χ0) is 19.5. The largest absolute Gasteiger partial charge is 0.367 e. The molecule has 136 valence electrons. The van der Waals surface area contributed by atoms with Gasteiger partial charge in [-0.1, -0.05) is 18.2 Å². The van der Waals surface area contributed by atoms with Crippen molar-refractivity contribution in [2.24, 2.45) is 0 Å². The number of benzene rings is 2. The van der Waals surface area contributed by atoms with Crippen molar-refractivity contribution < 1.29 is 9.59 Å². The number of carbonyl (C=O) groups is 2. The van der Waals surface area contributed by atoms with E-state index in [1.54, 1.807) is 12.3 Å². The normalized spacial score (nSPS) is 14.3. The van der Waals surface area contributed by atoms with Crippen LogP contribution in [0.25, 0.3) is 16.7 Å². The molecule has 6 heteroatoms. The van der Waals surface area contributed by atoms with Gasteiger partial charge in [-0.15, -0.1) is 0 Å². The number of aromatic nitrogens is 1. The zero-order valence-electron chi connectivity index (χ0n) is 14.8. The van der Waals surface area contributed by atoms with Crippen LogP contribution in [-0.4, -0.2) is 16.8 Å². The average Bonchev–Trinajstić information content (AvgIpc) is 3.24. The van der Waals surface area contributed by atoms with E-state index in [4.69, 9.17) is 5.26 Å². The fraction of sp³-hybridized carbons (Fsp3) is 0.0455. The van der Waals surface area contributed by atoms with Crippen molar-refractivity contribution in [1.82, 2.24) is 10.3 Å². The van der Waals surface area contributed by atoms with Gasteiger partial charge in [0.1, 0.15) is 0 Å². The summed E-state index contributed by atoms with van der Waals surface area (Å²) in [4.78, 5) is 27.6. The molecule has 0 atom stereocenters. The van der Waals surface area contributed by atoms with Gasteiger partial charge in [-0.3, -0.25) is 14.9 Å². The molecule has 2 heterocycles. The molecule has 0 aliphatic carbocycles. The highest BCUT2D eigenvalue weighted by molar-refractivity contribution is 6.31. The van der Waals surface area contributed by atoms with Crippen LogP contribution in [0.1, 0.15) is 21.5 Å². The molecular formula is C22H16N4O2. The number of rotatable bonds is 4. The molecule has 2 amide bonds. The van der Waals surface area contributed by atoms with Gasteiger partial charge in [-0.05, 0) is 47.0 Å². The molecule has 2 aromatic carbocycles. The van der Waals surface area contributed by atoms with Gasteiger partial charge in [0.2, 0.25) is 0 Å². The molecular weight excluding hydrogens is 352 g/mol. The number of nitrogens with zero attached hydrogens (tertiary/aromatic N) is 1. The van der Waals surface area contributed by atoms with Crippen molar-refractivity contribution in [3.05, 3.63) is 83.8 Å². The van der Waals surface area contributed by atoms with Crippen LogP contribution in [0.5, 0.6) is 0 Å². The Morgan fingerprint density at radius 2 is 1.79 bits per heavy atom. The lowest BCUT2D eigenvalue weighted by molar-refractivity contribution is -0.114. The molecule has 0 radical (unpaired) electrons. The monoisotopic (exact) mass is 368 g/mol. The lowest BCUT2D eigenvalue weighted by Gasteiger charge is -2.19. The van der Waals surface area contributed by atoms with Crippen molar-refractivity contribution in [1.29, 1.82) is 5.26 Å². The first-order valence-corrected chi connectivity index (χ1v) is 8.71. The molecule has 0 unspecified atom stereocenters. The van der Waals surface area contributed by atoms with Crippen molar-refractivity contribution in [2.75, 3.05) is 5.32 Å². The Balaban J connectivity index is 1.69. The third-order valence-electron chi connectivity index (χ3n) is 4.58. The molecule has 0 fully saturated rings. The molecule has 1 aromatic heterocycles. The quantitative estimate of drug-likeness (QED) is 0.485. The molecule has 6 nitrogen and oxygen atoms in total. The first-order chi connectivity index (χ1) is 13.7. The SMILES string of the molecule is N#CCc1ccc(N/C=C2\C(=O)NC(=O)c3ccc(-c4cc[nH]c4)cc32)cc1. The number of amides is 2. The summed E-state index contributed by atoms with van der Waals surface area (Å²) in [5, 5.41) is 14.2. The Labute approximate surface area is 161 Å². The number of hydrogen-bond acceptors (Lipinski definition) is 4. The first kappa shape index (κ1) is 17.3. The van der Waals surface area contributed by atoms with Gasteiger partial charge in [0.15, 0.2) is 0 Å². The highest BCUT2D eigenvalue weighted by atomic mass is 16.2. The summed E-state index contributed by atoms with van der Waals surface area (Å²) in [6.45, 7) is 0. The van der Waals surface area contributed by atoms with Gasteiger partial charge in [0, 0.05) is 35.4 Å². The minimum Gasteiger partial charge on any atom is -0.367 e. The first-order valence-electron chi connectivity index (χ1n) is 8.71. The van der Waals surface area contributed by atoms with E-state index in [0.717, 1.165) is 22.4 Å². The van der Waals surface area contributed by atoms with Gasteiger partial charge in [-0.2, -0.15) is 5.26 Å². The van der Waals surface area contributed by atoms with Gasteiger partial charge in [0.05, 0.1) is 18.1 Å². The molecule has 1 aliphatic heterocycles. The van der Waals surface area contributed by atoms with Crippen LogP contribution in [0.2, 0.25) is 0 Å². The Morgan fingerprint density at radius 3 is 2.50 bits per heavy atom. The molecule has 1 aliphatic rings. The van der Waals surface area contributed by atoms with E-state index in [2.05, 4.69) is 21.7 Å². The van der Waals surface area contributed by atoms with E-state index in [1.165, 1.54) is 0 Å². The number of nitrogens with one attached hydrogen (secondary N) is 3. The maximum atomic E-state index is 12.4. The van der Waals surface area contributed by atoms with E-state index in [9.17, 15) is 9.59 Å². The highest BCUT2D eigenvalue weighted by Crippen LogP contribution is 2.29. The average molecular weight is 368 g/mol. The van der Waals surface area contributed by atoms with Crippen LogP contribution < -0.4 is 10.6 Å². The lowest BCUT2D eigenvalue weighted by atomic mass is 9.92. The summed E-state index contributed by atoms with van der Waals surface area (Å²) in [5.74, 6) is -0.851. The third-order valence-corrected chi connectivity index (χ3v) is 4.58. The van der Waals surface area contributed by atoms with Gasteiger partial charge in [0.25, 0.3) is 11.8 Å². The predicted molar refractivity (Wildman–Crippen MR) is 106 cm³/mol. The number of anilines is 1.